The Morgan fingerprint density at radius 3 is 2.39 bits per heavy atom. The highest BCUT2D eigenvalue weighted by atomic mass is 32.2. The maximum absolute atomic E-state index is 2.47. The summed E-state index contributed by atoms with van der Waals surface area (Å²) in [6.07, 6.45) is 2.16. The minimum absolute atomic E-state index is 0.905. The molecule has 0 amide bonds. The lowest BCUT2D eigenvalue weighted by molar-refractivity contribution is 0.862. The van der Waals surface area contributed by atoms with Crippen molar-refractivity contribution >= 4 is 33.6 Å². The van der Waals surface area contributed by atoms with Crippen LogP contribution in [-0.4, -0.2) is 10.8 Å². The summed E-state index contributed by atoms with van der Waals surface area (Å²) in [6, 6.07) is 24.0. The van der Waals surface area contributed by atoms with E-state index in [1.807, 2.05) is 11.8 Å². The van der Waals surface area contributed by atoms with Crippen LogP contribution >= 0.6 is 11.8 Å². The van der Waals surface area contributed by atoms with Crippen LogP contribution in [-0.2, 0) is 6.54 Å². The Bertz CT molecular complexity index is 983. The summed E-state index contributed by atoms with van der Waals surface area (Å²) in [5, 5.41) is 2.75. The molecule has 1 aromatic heterocycles. The largest absolute Gasteiger partial charge is 0.335 e. The highest BCUT2D eigenvalue weighted by Gasteiger charge is 2.15. The van der Waals surface area contributed by atoms with Crippen LogP contribution in [0.4, 0.5) is 0 Å². The first-order valence-corrected chi connectivity index (χ1v) is 9.10. The van der Waals surface area contributed by atoms with Crippen molar-refractivity contribution in [2.45, 2.75) is 18.4 Å². The van der Waals surface area contributed by atoms with Crippen molar-refractivity contribution in [1.82, 2.24) is 4.57 Å². The van der Waals surface area contributed by atoms with Crippen molar-refractivity contribution in [3.05, 3.63) is 77.9 Å². The van der Waals surface area contributed by atoms with Gasteiger partial charge in [0.2, 0.25) is 0 Å². The molecule has 0 unspecified atom stereocenters. The second-order valence-corrected chi connectivity index (χ2v) is 6.75. The molecule has 0 N–H and O–H groups in total. The molecule has 0 bridgehead atoms. The molecule has 0 fully saturated rings. The van der Waals surface area contributed by atoms with Gasteiger partial charge in [-0.1, -0.05) is 54.6 Å². The lowest BCUT2D eigenvalue weighted by Crippen LogP contribution is -2.00. The molecule has 1 nitrogen and oxygen atoms in total. The molecule has 2 heteroatoms. The Hall–Kier alpha value is -2.19. The first-order valence-electron chi connectivity index (χ1n) is 7.88. The van der Waals surface area contributed by atoms with E-state index in [-0.39, 0.29) is 0 Å². The third kappa shape index (κ3) is 2.34. The molecule has 23 heavy (non-hydrogen) atoms. The number of nitrogens with zero attached hydrogens (tertiary/aromatic N) is 1. The standard InChI is InChI=1S/C21H19NS/c1-15-12-13-19(23-2)21-20(15)17-10-6-7-11-18(17)22(21)14-16-8-4-3-5-9-16/h3-13H,14H2,1-2H3. The van der Waals surface area contributed by atoms with Crippen LogP contribution in [0, 0.1) is 6.92 Å². The van der Waals surface area contributed by atoms with Gasteiger partial charge in [-0.15, -0.1) is 11.8 Å². The fraction of sp³-hybridized carbons (Fsp3) is 0.143. The number of para-hydroxylation sites is 1. The molecular formula is C21H19NS. The number of benzene rings is 3. The van der Waals surface area contributed by atoms with Crippen LogP contribution in [0.15, 0.2) is 71.6 Å². The Labute approximate surface area is 140 Å². The molecule has 0 radical (unpaired) electrons. The summed E-state index contributed by atoms with van der Waals surface area (Å²) < 4.78 is 2.47. The van der Waals surface area contributed by atoms with E-state index in [1.54, 1.807) is 0 Å². The molecule has 0 saturated carbocycles. The Morgan fingerprint density at radius 2 is 1.61 bits per heavy atom. The monoisotopic (exact) mass is 317 g/mol. The van der Waals surface area contributed by atoms with Gasteiger partial charge in [0.1, 0.15) is 0 Å². The number of hydrogen-bond donors (Lipinski definition) is 0. The second kappa shape index (κ2) is 5.78. The average Bonchev–Trinajstić information content (AvgIpc) is 2.92. The van der Waals surface area contributed by atoms with Crippen molar-refractivity contribution in [3.63, 3.8) is 0 Å². The van der Waals surface area contributed by atoms with Crippen molar-refractivity contribution < 1.29 is 0 Å². The van der Waals surface area contributed by atoms with Crippen LogP contribution in [0.1, 0.15) is 11.1 Å². The number of hydrogen-bond acceptors (Lipinski definition) is 1. The van der Waals surface area contributed by atoms with Crippen molar-refractivity contribution in [2.75, 3.05) is 6.26 Å². The molecular weight excluding hydrogens is 298 g/mol. The van der Waals surface area contributed by atoms with Gasteiger partial charge in [-0.3, -0.25) is 0 Å². The minimum atomic E-state index is 0.905. The van der Waals surface area contributed by atoms with Crippen LogP contribution in [0.25, 0.3) is 21.8 Å². The average molecular weight is 317 g/mol. The quantitative estimate of drug-likeness (QED) is 0.428. The maximum Gasteiger partial charge on any atom is 0.0635 e. The predicted molar refractivity (Wildman–Crippen MR) is 102 cm³/mol. The normalized spacial score (nSPS) is 11.4. The van der Waals surface area contributed by atoms with E-state index in [0.717, 1.165) is 6.54 Å². The van der Waals surface area contributed by atoms with Crippen molar-refractivity contribution in [2.24, 2.45) is 0 Å². The van der Waals surface area contributed by atoms with Gasteiger partial charge in [-0.25, -0.2) is 0 Å². The summed E-state index contributed by atoms with van der Waals surface area (Å²) in [5.74, 6) is 0. The lowest BCUT2D eigenvalue weighted by atomic mass is 10.1. The Morgan fingerprint density at radius 1 is 0.870 bits per heavy atom. The van der Waals surface area contributed by atoms with Crippen LogP contribution in [0.2, 0.25) is 0 Å². The summed E-state index contributed by atoms with van der Waals surface area (Å²) in [7, 11) is 0. The molecule has 0 spiro atoms. The van der Waals surface area contributed by atoms with E-state index in [1.165, 1.54) is 37.8 Å². The number of rotatable bonds is 3. The lowest BCUT2D eigenvalue weighted by Gasteiger charge is -2.11. The van der Waals surface area contributed by atoms with E-state index < -0.39 is 0 Å². The smallest absolute Gasteiger partial charge is 0.0635 e. The number of thioether (sulfide) groups is 1. The topological polar surface area (TPSA) is 4.93 Å². The minimum Gasteiger partial charge on any atom is -0.335 e. The Kier molecular flexibility index (Phi) is 3.62. The second-order valence-electron chi connectivity index (χ2n) is 5.90. The number of aromatic nitrogens is 1. The zero-order chi connectivity index (χ0) is 15.8. The van der Waals surface area contributed by atoms with Gasteiger partial charge in [0.15, 0.2) is 0 Å². The van der Waals surface area contributed by atoms with Crippen LogP contribution in [0.3, 0.4) is 0 Å². The Balaban J connectivity index is 2.09. The molecule has 114 valence electrons. The van der Waals surface area contributed by atoms with Gasteiger partial charge in [0.05, 0.1) is 5.52 Å². The highest BCUT2D eigenvalue weighted by molar-refractivity contribution is 7.98. The van der Waals surface area contributed by atoms with E-state index in [2.05, 4.69) is 84.5 Å². The first kappa shape index (κ1) is 14.4. The molecule has 0 aliphatic rings. The molecule has 3 aromatic carbocycles. The van der Waals surface area contributed by atoms with Gasteiger partial charge >= 0.3 is 0 Å². The molecule has 4 aromatic rings. The fourth-order valence-corrected chi connectivity index (χ4v) is 4.03. The predicted octanol–water partition coefficient (Wildman–Crippen LogP) is 5.87. The number of aryl methyl sites for hydroxylation is 1. The first-order chi connectivity index (χ1) is 11.3. The summed E-state index contributed by atoms with van der Waals surface area (Å²) in [5.41, 5.74) is 5.36. The summed E-state index contributed by atoms with van der Waals surface area (Å²) >= 11 is 1.83. The van der Waals surface area contributed by atoms with E-state index in [9.17, 15) is 0 Å². The zero-order valence-corrected chi connectivity index (χ0v) is 14.2. The summed E-state index contributed by atoms with van der Waals surface area (Å²) in [4.78, 5) is 1.35. The van der Waals surface area contributed by atoms with Crippen molar-refractivity contribution in [3.8, 4) is 0 Å². The SMILES string of the molecule is CSc1ccc(C)c2c3ccccc3n(Cc3ccccc3)c12. The molecule has 0 aliphatic carbocycles. The molecule has 1 heterocycles. The maximum atomic E-state index is 2.47. The molecule has 0 saturated heterocycles. The highest BCUT2D eigenvalue weighted by Crippen LogP contribution is 2.37. The third-order valence-electron chi connectivity index (χ3n) is 4.49. The fourth-order valence-electron chi connectivity index (χ4n) is 3.42. The number of fused-ring (bicyclic) bond motifs is 3. The van der Waals surface area contributed by atoms with Crippen LogP contribution < -0.4 is 0 Å². The van der Waals surface area contributed by atoms with E-state index >= 15 is 0 Å². The van der Waals surface area contributed by atoms with E-state index in [0.29, 0.717) is 0 Å². The van der Waals surface area contributed by atoms with Gasteiger partial charge in [0, 0.05) is 27.7 Å². The molecule has 0 atom stereocenters. The zero-order valence-electron chi connectivity index (χ0n) is 13.4. The van der Waals surface area contributed by atoms with Gasteiger partial charge in [0.25, 0.3) is 0 Å². The van der Waals surface area contributed by atoms with Crippen molar-refractivity contribution in [1.29, 1.82) is 0 Å². The molecule has 4 rings (SSSR count). The van der Waals surface area contributed by atoms with Gasteiger partial charge in [-0.05, 0) is 36.4 Å². The molecule has 0 aliphatic heterocycles. The van der Waals surface area contributed by atoms with Gasteiger partial charge < -0.3 is 4.57 Å². The third-order valence-corrected chi connectivity index (χ3v) is 5.26. The van der Waals surface area contributed by atoms with Gasteiger partial charge in [-0.2, -0.15) is 0 Å². The van der Waals surface area contributed by atoms with E-state index in [4.69, 9.17) is 0 Å². The summed E-state index contributed by atoms with van der Waals surface area (Å²) in [6.45, 7) is 3.12. The van der Waals surface area contributed by atoms with Crippen LogP contribution in [0.5, 0.6) is 0 Å².